The van der Waals surface area contributed by atoms with Crippen molar-refractivity contribution in [2.45, 2.75) is 24.8 Å². The highest BCUT2D eigenvalue weighted by atomic mass is 79.9. The van der Waals surface area contributed by atoms with E-state index in [0.29, 0.717) is 17.2 Å². The zero-order valence-electron chi connectivity index (χ0n) is 20.3. The Morgan fingerprint density at radius 2 is 1.82 bits per heavy atom. The van der Waals surface area contributed by atoms with Gasteiger partial charge in [0.25, 0.3) is 0 Å². The van der Waals surface area contributed by atoms with Gasteiger partial charge in [-0.05, 0) is 56.9 Å². The Labute approximate surface area is 234 Å². The van der Waals surface area contributed by atoms with Gasteiger partial charge >= 0.3 is 5.97 Å². The Morgan fingerprint density at radius 1 is 1.03 bits per heavy atom. The van der Waals surface area contributed by atoms with Crippen LogP contribution in [0.1, 0.15) is 22.3 Å². The van der Waals surface area contributed by atoms with Gasteiger partial charge in [-0.25, -0.2) is 4.98 Å². The highest BCUT2D eigenvalue weighted by molar-refractivity contribution is 9.10. The number of aliphatic hydroxyl groups is 1. The van der Waals surface area contributed by atoms with Crippen LogP contribution in [-0.4, -0.2) is 33.8 Å². The summed E-state index contributed by atoms with van der Waals surface area (Å²) >= 11 is 10.4. The lowest BCUT2D eigenvalue weighted by Crippen LogP contribution is -2.39. The molecule has 1 aromatic heterocycles. The summed E-state index contributed by atoms with van der Waals surface area (Å²) in [5.74, 6) is -0.272. The maximum absolute atomic E-state index is 11.1. The number of aliphatic carboxylic acids is 1. The van der Waals surface area contributed by atoms with Crippen molar-refractivity contribution in [2.24, 2.45) is 0 Å². The van der Waals surface area contributed by atoms with Crippen molar-refractivity contribution in [3.63, 3.8) is 0 Å². The van der Waals surface area contributed by atoms with Crippen LogP contribution in [-0.2, 0) is 17.9 Å². The van der Waals surface area contributed by atoms with Crippen LogP contribution in [0, 0.1) is 0 Å². The van der Waals surface area contributed by atoms with Gasteiger partial charge in [0.1, 0.15) is 18.4 Å². The summed E-state index contributed by atoms with van der Waals surface area (Å²) in [6.07, 6.45) is 1.63. The number of alkyl halides is 1. The molecule has 3 N–H and O–H groups in total. The lowest BCUT2D eigenvalue weighted by atomic mass is 10.0. The lowest BCUT2D eigenvalue weighted by Gasteiger charge is -2.18. The van der Waals surface area contributed by atoms with Crippen molar-refractivity contribution in [3.05, 3.63) is 112 Å². The molecule has 196 valence electrons. The summed E-state index contributed by atoms with van der Waals surface area (Å²) < 4.78 is 13.0. The van der Waals surface area contributed by atoms with Crippen LogP contribution in [0.25, 0.3) is 11.1 Å². The normalized spacial score (nSPS) is 12.5. The molecule has 1 heterocycles. The molecule has 0 saturated carbocycles. The monoisotopic (exact) mass is 596 g/mol. The number of carbonyl (C=O) groups is 1. The van der Waals surface area contributed by atoms with Crippen LogP contribution in [0.3, 0.4) is 0 Å². The number of carboxylic acid groups (broad SMARTS) is 1. The molecular weight excluding hydrogens is 572 g/mol. The second-order valence-corrected chi connectivity index (χ2v) is 9.56. The molecule has 0 saturated heterocycles. The number of halogens is 2. The summed E-state index contributed by atoms with van der Waals surface area (Å²) in [5, 5.41) is 21.1. The molecule has 4 rings (SSSR count). The smallest absolute Gasteiger partial charge is 0.323 e. The Hall–Kier alpha value is -3.43. The third kappa shape index (κ3) is 7.11. The number of aromatic nitrogens is 1. The van der Waals surface area contributed by atoms with E-state index in [4.69, 9.17) is 26.2 Å². The fourth-order valence-corrected chi connectivity index (χ4v) is 4.63. The first-order chi connectivity index (χ1) is 18.5. The maximum Gasteiger partial charge on any atom is 0.323 e. The van der Waals surface area contributed by atoms with Crippen LogP contribution in [0.15, 0.2) is 95.6 Å². The molecule has 0 aliphatic heterocycles. The van der Waals surface area contributed by atoms with Gasteiger partial charge in [0.2, 0.25) is 11.4 Å². The Kier molecular flexibility index (Phi) is 9.73. The molecule has 0 amide bonds. The zero-order valence-corrected chi connectivity index (χ0v) is 22.6. The van der Waals surface area contributed by atoms with Gasteiger partial charge < -0.3 is 19.7 Å². The zero-order chi connectivity index (χ0) is 26.9. The van der Waals surface area contributed by atoms with Gasteiger partial charge in [0.05, 0.1) is 12.2 Å². The maximum atomic E-state index is 11.1. The van der Waals surface area contributed by atoms with Crippen molar-refractivity contribution in [1.29, 1.82) is 0 Å². The molecular formula is C29H26BrClN2O5. The van der Waals surface area contributed by atoms with Crippen molar-refractivity contribution in [3.8, 4) is 22.8 Å². The summed E-state index contributed by atoms with van der Waals surface area (Å²) in [6.45, 7) is -0.00231. The highest BCUT2D eigenvalue weighted by Gasteiger charge is 2.19. The van der Waals surface area contributed by atoms with Gasteiger partial charge in [-0.1, -0.05) is 72.3 Å². The summed E-state index contributed by atoms with van der Waals surface area (Å²) in [7, 11) is 0. The largest absolute Gasteiger partial charge is 0.480 e. The van der Waals surface area contributed by atoms with Crippen molar-refractivity contribution in [1.82, 2.24) is 10.3 Å². The average molecular weight is 598 g/mol. The Morgan fingerprint density at radius 3 is 2.58 bits per heavy atom. The molecule has 0 aliphatic rings. The van der Waals surface area contributed by atoms with Gasteiger partial charge in [0, 0.05) is 22.8 Å². The first-order valence-corrected chi connectivity index (χ1v) is 13.1. The number of rotatable bonds is 12. The van der Waals surface area contributed by atoms with E-state index in [2.05, 4.69) is 38.4 Å². The number of carboxylic acids is 1. The van der Waals surface area contributed by atoms with E-state index >= 15 is 0 Å². The van der Waals surface area contributed by atoms with E-state index < -0.39 is 24.2 Å². The van der Waals surface area contributed by atoms with Gasteiger partial charge in [-0.2, -0.15) is 0 Å². The molecule has 0 radical (unpaired) electrons. The van der Waals surface area contributed by atoms with Crippen LogP contribution in [0.4, 0.5) is 0 Å². The molecule has 0 bridgehead atoms. The standard InChI is InChI=1S/C29H26BrClN2O5/c30-26-21(10-5-12-23(26)20-8-2-1-3-9-20)18-37-28-24(13-6-14-32-28)27(31)38-22-11-4-7-19(15-22)16-33-25(17-34)29(35)36/h1-15,25,27,33-34H,16-18H2,(H,35,36)/t25-,27+/m1/s1. The minimum atomic E-state index is -1.12. The molecule has 2 atom stereocenters. The van der Waals surface area contributed by atoms with Gasteiger partial charge in [-0.15, -0.1) is 0 Å². The molecule has 3 aromatic carbocycles. The highest BCUT2D eigenvalue weighted by Crippen LogP contribution is 2.34. The van der Waals surface area contributed by atoms with Gasteiger partial charge in [-0.3, -0.25) is 10.1 Å². The number of pyridine rings is 1. The SMILES string of the molecule is O=C(O)[C@@H](CO)NCc1cccc(O[C@H](Cl)c2cccnc2OCc2cccc(-c3ccccc3)c2Br)c1. The Bertz CT molecular complexity index is 1370. The van der Waals surface area contributed by atoms with Crippen LogP contribution in [0.2, 0.25) is 0 Å². The molecule has 4 aromatic rings. The number of aliphatic hydroxyl groups excluding tert-OH is 1. The fourth-order valence-electron chi connectivity index (χ4n) is 3.76. The Balaban J connectivity index is 1.44. The van der Waals surface area contributed by atoms with Gasteiger partial charge in [0.15, 0.2) is 0 Å². The topological polar surface area (TPSA) is 101 Å². The summed E-state index contributed by atoms with van der Waals surface area (Å²) in [6, 6.07) is 25.7. The quantitative estimate of drug-likeness (QED) is 0.174. The molecule has 7 nitrogen and oxygen atoms in total. The predicted octanol–water partition coefficient (Wildman–Crippen LogP) is 5.94. The van der Waals surface area contributed by atoms with E-state index in [-0.39, 0.29) is 13.2 Å². The second kappa shape index (κ2) is 13.4. The minimum absolute atomic E-state index is 0.236. The van der Waals surface area contributed by atoms with E-state index in [0.717, 1.165) is 26.7 Å². The van der Waals surface area contributed by atoms with E-state index in [1.54, 1.807) is 36.5 Å². The van der Waals surface area contributed by atoms with E-state index in [1.807, 2.05) is 42.5 Å². The molecule has 0 unspecified atom stereocenters. The second-order valence-electron chi connectivity index (χ2n) is 8.37. The molecule has 9 heteroatoms. The first-order valence-electron chi connectivity index (χ1n) is 11.8. The number of benzene rings is 3. The number of hydrogen-bond acceptors (Lipinski definition) is 6. The number of nitrogens with one attached hydrogen (secondary N) is 1. The fraction of sp³-hybridized carbons (Fsp3) is 0.172. The van der Waals surface area contributed by atoms with E-state index in [1.165, 1.54) is 0 Å². The third-order valence-electron chi connectivity index (χ3n) is 5.74. The lowest BCUT2D eigenvalue weighted by molar-refractivity contribution is -0.140. The molecule has 38 heavy (non-hydrogen) atoms. The number of ether oxygens (including phenoxy) is 2. The van der Waals surface area contributed by atoms with Crippen LogP contribution in [0.5, 0.6) is 11.6 Å². The van der Waals surface area contributed by atoms with Crippen molar-refractivity contribution in [2.75, 3.05) is 6.61 Å². The van der Waals surface area contributed by atoms with Crippen LogP contribution < -0.4 is 14.8 Å². The van der Waals surface area contributed by atoms with Crippen molar-refractivity contribution >= 4 is 33.5 Å². The minimum Gasteiger partial charge on any atom is -0.480 e. The predicted molar refractivity (Wildman–Crippen MR) is 149 cm³/mol. The van der Waals surface area contributed by atoms with Crippen LogP contribution >= 0.6 is 27.5 Å². The average Bonchev–Trinajstić information content (AvgIpc) is 2.93. The molecule has 0 fully saturated rings. The molecule has 0 aliphatic carbocycles. The first kappa shape index (κ1) is 27.6. The number of nitrogens with zero attached hydrogens (tertiary/aromatic N) is 1. The third-order valence-corrected chi connectivity index (χ3v) is 7.00. The summed E-state index contributed by atoms with van der Waals surface area (Å²) in [5.41, 5.74) is 3.58. The van der Waals surface area contributed by atoms with Crippen molar-refractivity contribution < 1.29 is 24.5 Å². The summed E-state index contributed by atoms with van der Waals surface area (Å²) in [4.78, 5) is 15.5. The molecule has 0 spiro atoms. The van der Waals surface area contributed by atoms with E-state index in [9.17, 15) is 9.90 Å². The number of hydrogen-bond donors (Lipinski definition) is 3.